The van der Waals surface area contributed by atoms with Crippen molar-refractivity contribution in [3.05, 3.63) is 47.0 Å². The summed E-state index contributed by atoms with van der Waals surface area (Å²) in [6, 6.07) is 7.91. The molecule has 1 amide bonds. The summed E-state index contributed by atoms with van der Waals surface area (Å²) < 4.78 is 2.54. The van der Waals surface area contributed by atoms with E-state index in [1.807, 2.05) is 24.3 Å². The van der Waals surface area contributed by atoms with Crippen LogP contribution in [0, 0.1) is 0 Å². The van der Waals surface area contributed by atoms with Crippen molar-refractivity contribution < 1.29 is 4.79 Å². The number of carbonyl (C=O) groups is 1. The number of hydrogen-bond donors (Lipinski definition) is 0. The fourth-order valence-corrected chi connectivity index (χ4v) is 1.79. The predicted molar refractivity (Wildman–Crippen MR) is 70.6 cm³/mol. The first kappa shape index (κ1) is 12.8. The van der Waals surface area contributed by atoms with E-state index in [0.717, 1.165) is 10.0 Å². The van der Waals surface area contributed by atoms with Gasteiger partial charge in [-0.15, -0.1) is 0 Å². The number of rotatable bonds is 4. The summed E-state index contributed by atoms with van der Waals surface area (Å²) in [6.07, 6.45) is 2.95. The van der Waals surface area contributed by atoms with E-state index in [1.54, 1.807) is 11.9 Å². The Kier molecular flexibility index (Phi) is 4.09. The van der Waals surface area contributed by atoms with Crippen molar-refractivity contribution >= 4 is 21.8 Å². The van der Waals surface area contributed by atoms with E-state index < -0.39 is 0 Å². The molecule has 1 heterocycles. The van der Waals surface area contributed by atoms with Crippen molar-refractivity contribution in [2.75, 3.05) is 7.05 Å². The van der Waals surface area contributed by atoms with Crippen molar-refractivity contribution in [2.45, 2.75) is 13.1 Å². The molecule has 0 bridgehead atoms. The van der Waals surface area contributed by atoms with Crippen LogP contribution in [0.4, 0.5) is 0 Å². The lowest BCUT2D eigenvalue weighted by atomic mass is 10.2. The molecule has 18 heavy (non-hydrogen) atoms. The molecule has 0 radical (unpaired) electrons. The number of benzene rings is 1. The number of amides is 1. The lowest BCUT2D eigenvalue weighted by Crippen LogP contribution is -2.29. The summed E-state index contributed by atoms with van der Waals surface area (Å²) in [5.74, 6) is 0.00317. The van der Waals surface area contributed by atoms with E-state index in [0.29, 0.717) is 6.54 Å². The number of likely N-dealkylation sites (N-methyl/N-ethyl adjacent to an activating group) is 1. The van der Waals surface area contributed by atoms with Crippen LogP contribution >= 0.6 is 15.9 Å². The summed E-state index contributed by atoms with van der Waals surface area (Å²) in [5.41, 5.74) is 1.09. The van der Waals surface area contributed by atoms with Crippen molar-refractivity contribution in [1.82, 2.24) is 19.7 Å². The van der Waals surface area contributed by atoms with Crippen LogP contribution in [-0.4, -0.2) is 32.6 Å². The fourth-order valence-electron chi connectivity index (χ4n) is 1.53. The van der Waals surface area contributed by atoms with Crippen LogP contribution in [0.5, 0.6) is 0 Å². The highest BCUT2D eigenvalue weighted by Crippen LogP contribution is 2.11. The molecule has 0 saturated heterocycles. The zero-order valence-electron chi connectivity index (χ0n) is 9.95. The zero-order valence-corrected chi connectivity index (χ0v) is 11.5. The Morgan fingerprint density at radius 2 is 2.11 bits per heavy atom. The van der Waals surface area contributed by atoms with Crippen LogP contribution in [0.1, 0.15) is 5.56 Å². The van der Waals surface area contributed by atoms with Crippen LogP contribution in [0.2, 0.25) is 0 Å². The molecule has 1 aromatic carbocycles. The summed E-state index contributed by atoms with van der Waals surface area (Å²) in [7, 11) is 1.78. The molecule has 0 N–H and O–H groups in total. The first-order valence-electron chi connectivity index (χ1n) is 5.46. The van der Waals surface area contributed by atoms with Crippen LogP contribution in [-0.2, 0) is 17.9 Å². The summed E-state index contributed by atoms with van der Waals surface area (Å²) >= 11 is 3.38. The first-order chi connectivity index (χ1) is 8.65. The van der Waals surface area contributed by atoms with E-state index >= 15 is 0 Å². The fraction of sp³-hybridized carbons (Fsp3) is 0.250. The van der Waals surface area contributed by atoms with E-state index in [-0.39, 0.29) is 12.5 Å². The Bertz CT molecular complexity index is 509. The maximum absolute atomic E-state index is 11.9. The van der Waals surface area contributed by atoms with Gasteiger partial charge in [0, 0.05) is 18.1 Å². The average molecular weight is 309 g/mol. The van der Waals surface area contributed by atoms with Gasteiger partial charge in [-0.2, -0.15) is 5.10 Å². The third-order valence-electron chi connectivity index (χ3n) is 2.52. The van der Waals surface area contributed by atoms with Gasteiger partial charge in [-0.05, 0) is 17.7 Å². The molecule has 1 aromatic heterocycles. The van der Waals surface area contributed by atoms with Gasteiger partial charge in [0.1, 0.15) is 19.2 Å². The van der Waals surface area contributed by atoms with Gasteiger partial charge in [0.25, 0.3) is 0 Å². The minimum atomic E-state index is 0.00317. The Balaban J connectivity index is 1.93. The maximum atomic E-state index is 11.9. The second kappa shape index (κ2) is 5.77. The zero-order chi connectivity index (χ0) is 13.0. The van der Waals surface area contributed by atoms with Crippen molar-refractivity contribution in [2.24, 2.45) is 0 Å². The molecule has 94 valence electrons. The molecule has 0 unspecified atom stereocenters. The molecule has 0 atom stereocenters. The third kappa shape index (κ3) is 3.40. The van der Waals surface area contributed by atoms with Gasteiger partial charge in [-0.1, -0.05) is 28.1 Å². The first-order valence-corrected chi connectivity index (χ1v) is 6.25. The molecule has 2 rings (SSSR count). The van der Waals surface area contributed by atoms with Crippen molar-refractivity contribution in [3.8, 4) is 0 Å². The third-order valence-corrected chi connectivity index (χ3v) is 3.05. The van der Waals surface area contributed by atoms with Gasteiger partial charge in [0.2, 0.25) is 5.91 Å². The highest BCUT2D eigenvalue weighted by Gasteiger charge is 2.10. The normalized spacial score (nSPS) is 10.3. The molecule has 2 aromatic rings. The van der Waals surface area contributed by atoms with Crippen LogP contribution in [0.3, 0.4) is 0 Å². The molecule has 5 nitrogen and oxygen atoms in total. The molecular weight excluding hydrogens is 296 g/mol. The average Bonchev–Trinajstić information content (AvgIpc) is 2.85. The number of carbonyl (C=O) groups excluding carboxylic acids is 1. The highest BCUT2D eigenvalue weighted by molar-refractivity contribution is 9.10. The van der Waals surface area contributed by atoms with E-state index in [9.17, 15) is 4.79 Å². The Morgan fingerprint density at radius 1 is 1.39 bits per heavy atom. The molecule has 0 saturated carbocycles. The number of halogens is 1. The molecule has 0 fully saturated rings. The molecule has 0 aliphatic carbocycles. The Morgan fingerprint density at radius 3 is 2.72 bits per heavy atom. The number of hydrogen-bond acceptors (Lipinski definition) is 3. The number of nitrogens with zero attached hydrogens (tertiary/aromatic N) is 4. The Hall–Kier alpha value is -1.69. The molecule has 0 aliphatic rings. The largest absolute Gasteiger partial charge is 0.340 e. The van der Waals surface area contributed by atoms with E-state index in [2.05, 4.69) is 26.0 Å². The van der Waals surface area contributed by atoms with Crippen molar-refractivity contribution in [1.29, 1.82) is 0 Å². The SMILES string of the molecule is CN(Cc1ccc(Br)cc1)C(=O)Cn1cncn1. The second-order valence-electron chi connectivity index (χ2n) is 3.97. The van der Waals surface area contributed by atoms with Gasteiger partial charge in [-0.3, -0.25) is 4.79 Å². The summed E-state index contributed by atoms with van der Waals surface area (Å²) in [5, 5.41) is 3.91. The van der Waals surface area contributed by atoms with Gasteiger partial charge >= 0.3 is 0 Å². The maximum Gasteiger partial charge on any atom is 0.244 e. The quantitative estimate of drug-likeness (QED) is 0.864. The standard InChI is InChI=1S/C12H13BrN4O/c1-16(6-10-2-4-11(13)5-3-10)12(18)7-17-9-14-8-15-17/h2-5,8-9H,6-7H2,1H3. The number of aromatic nitrogens is 3. The van der Waals surface area contributed by atoms with Gasteiger partial charge < -0.3 is 4.90 Å². The monoisotopic (exact) mass is 308 g/mol. The molecule has 6 heteroatoms. The Labute approximate surface area is 114 Å². The molecular formula is C12H13BrN4O. The lowest BCUT2D eigenvalue weighted by molar-refractivity contribution is -0.131. The lowest BCUT2D eigenvalue weighted by Gasteiger charge is -2.17. The van der Waals surface area contributed by atoms with Crippen LogP contribution in [0.25, 0.3) is 0 Å². The second-order valence-corrected chi connectivity index (χ2v) is 4.89. The minimum Gasteiger partial charge on any atom is -0.340 e. The minimum absolute atomic E-state index is 0.00317. The van der Waals surface area contributed by atoms with Gasteiger partial charge in [0.05, 0.1) is 0 Å². The molecule has 0 spiro atoms. The summed E-state index contributed by atoms with van der Waals surface area (Å²) in [6.45, 7) is 0.799. The van der Waals surface area contributed by atoms with Gasteiger partial charge in [0.15, 0.2) is 0 Å². The van der Waals surface area contributed by atoms with E-state index in [4.69, 9.17) is 0 Å². The molecule has 0 aliphatic heterocycles. The highest BCUT2D eigenvalue weighted by atomic mass is 79.9. The topological polar surface area (TPSA) is 51.0 Å². The summed E-state index contributed by atoms with van der Waals surface area (Å²) in [4.78, 5) is 17.4. The van der Waals surface area contributed by atoms with Crippen molar-refractivity contribution in [3.63, 3.8) is 0 Å². The smallest absolute Gasteiger partial charge is 0.244 e. The van der Waals surface area contributed by atoms with Crippen LogP contribution in [0.15, 0.2) is 41.4 Å². The predicted octanol–water partition coefficient (Wildman–Crippen LogP) is 1.70. The van der Waals surface area contributed by atoms with E-state index in [1.165, 1.54) is 17.3 Å². The van der Waals surface area contributed by atoms with Crippen LogP contribution < -0.4 is 0 Å². The van der Waals surface area contributed by atoms with Gasteiger partial charge in [-0.25, -0.2) is 9.67 Å².